The Morgan fingerprint density at radius 1 is 1.03 bits per heavy atom. The number of furan rings is 1. The van der Waals surface area contributed by atoms with Crippen LogP contribution in [-0.2, 0) is 10.0 Å². The largest absolute Gasteiger partial charge is 0.451 e. The van der Waals surface area contributed by atoms with Gasteiger partial charge in [-0.25, -0.2) is 8.42 Å². The zero-order valence-corrected chi connectivity index (χ0v) is 20.9. The molecule has 186 valence electrons. The first-order valence-electron chi connectivity index (χ1n) is 12.0. The molecule has 0 bridgehead atoms. The quantitative estimate of drug-likeness (QED) is 0.511. The highest BCUT2D eigenvalue weighted by Gasteiger charge is 2.26. The van der Waals surface area contributed by atoms with Crippen molar-refractivity contribution in [3.63, 3.8) is 0 Å². The summed E-state index contributed by atoms with van der Waals surface area (Å²) in [5.74, 6) is 0.270. The minimum atomic E-state index is -3.55. The first-order valence-corrected chi connectivity index (χ1v) is 13.4. The molecule has 0 radical (unpaired) electrons. The Morgan fingerprint density at radius 2 is 1.69 bits per heavy atom. The van der Waals surface area contributed by atoms with Gasteiger partial charge in [0.25, 0.3) is 11.8 Å². The SMILES string of the molecule is CCN(CC)S(=O)(=O)c1ccc(C(=O)NCC2CCN(C(=O)c3cc4ccccc4o3)CC2)cc1. The molecule has 2 heterocycles. The molecule has 4 rings (SSSR count). The number of sulfonamides is 1. The summed E-state index contributed by atoms with van der Waals surface area (Å²) in [6.45, 7) is 6.09. The highest BCUT2D eigenvalue weighted by Crippen LogP contribution is 2.23. The van der Waals surface area contributed by atoms with E-state index in [4.69, 9.17) is 4.42 Å². The molecule has 8 nitrogen and oxygen atoms in total. The van der Waals surface area contributed by atoms with Gasteiger partial charge in [0, 0.05) is 43.7 Å². The van der Waals surface area contributed by atoms with Gasteiger partial charge in [0.2, 0.25) is 10.0 Å². The zero-order chi connectivity index (χ0) is 25.0. The van der Waals surface area contributed by atoms with Crippen LogP contribution in [0, 0.1) is 5.92 Å². The van der Waals surface area contributed by atoms with E-state index in [1.807, 2.05) is 24.3 Å². The van der Waals surface area contributed by atoms with Gasteiger partial charge in [0.15, 0.2) is 5.76 Å². The van der Waals surface area contributed by atoms with Crippen LogP contribution in [0.25, 0.3) is 11.0 Å². The topological polar surface area (TPSA) is 99.9 Å². The normalized spacial score (nSPS) is 15.0. The lowest BCUT2D eigenvalue weighted by molar-refractivity contribution is 0.0655. The van der Waals surface area contributed by atoms with E-state index < -0.39 is 10.0 Å². The van der Waals surface area contributed by atoms with E-state index >= 15 is 0 Å². The summed E-state index contributed by atoms with van der Waals surface area (Å²) < 4.78 is 32.3. The summed E-state index contributed by atoms with van der Waals surface area (Å²) in [6, 6.07) is 15.4. The Morgan fingerprint density at radius 3 is 2.31 bits per heavy atom. The van der Waals surface area contributed by atoms with Gasteiger partial charge in [0.05, 0.1) is 4.90 Å². The number of nitrogens with zero attached hydrogens (tertiary/aromatic N) is 2. The number of piperidine rings is 1. The molecule has 1 aliphatic rings. The molecule has 0 aliphatic carbocycles. The molecule has 1 fully saturated rings. The van der Waals surface area contributed by atoms with Crippen LogP contribution in [0.4, 0.5) is 0 Å². The van der Waals surface area contributed by atoms with Crippen molar-refractivity contribution in [1.29, 1.82) is 0 Å². The number of carbonyl (C=O) groups excluding carboxylic acids is 2. The minimum absolute atomic E-state index is 0.108. The number of fused-ring (bicyclic) bond motifs is 1. The molecule has 2 amide bonds. The summed E-state index contributed by atoms with van der Waals surface area (Å²) in [5, 5.41) is 3.85. The van der Waals surface area contributed by atoms with Gasteiger partial charge < -0.3 is 14.6 Å². The van der Waals surface area contributed by atoms with Crippen molar-refractivity contribution in [2.24, 2.45) is 5.92 Å². The van der Waals surface area contributed by atoms with Gasteiger partial charge in [-0.15, -0.1) is 0 Å². The molecular weight excluding hydrogens is 466 g/mol. The Balaban J connectivity index is 1.28. The number of amides is 2. The maximum absolute atomic E-state index is 12.8. The van der Waals surface area contributed by atoms with Crippen LogP contribution >= 0.6 is 0 Å². The number of hydrogen-bond donors (Lipinski definition) is 1. The standard InChI is InChI=1S/C26H31N3O5S/c1-3-29(4-2)35(32,33)22-11-9-20(10-12-22)25(30)27-18-19-13-15-28(16-14-19)26(31)24-17-21-7-5-6-8-23(21)34-24/h5-12,17,19H,3-4,13-16,18H2,1-2H3,(H,27,30). The molecule has 0 spiro atoms. The van der Waals surface area contributed by atoms with Crippen LogP contribution in [0.2, 0.25) is 0 Å². The van der Waals surface area contributed by atoms with Gasteiger partial charge in [-0.05, 0) is 55.2 Å². The van der Waals surface area contributed by atoms with E-state index in [-0.39, 0.29) is 22.6 Å². The van der Waals surface area contributed by atoms with Gasteiger partial charge in [0.1, 0.15) is 5.58 Å². The third-order valence-electron chi connectivity index (χ3n) is 6.55. The molecule has 1 N–H and O–H groups in total. The van der Waals surface area contributed by atoms with Crippen molar-refractivity contribution >= 4 is 32.8 Å². The second-order valence-corrected chi connectivity index (χ2v) is 10.6. The fourth-order valence-corrected chi connectivity index (χ4v) is 5.87. The summed E-state index contributed by atoms with van der Waals surface area (Å²) in [6.07, 6.45) is 1.57. The first kappa shape index (κ1) is 24.9. The Labute approximate surface area is 205 Å². The minimum Gasteiger partial charge on any atom is -0.451 e. The van der Waals surface area contributed by atoms with Crippen molar-refractivity contribution < 1.29 is 22.4 Å². The van der Waals surface area contributed by atoms with Crippen molar-refractivity contribution in [3.8, 4) is 0 Å². The van der Waals surface area contributed by atoms with Gasteiger partial charge in [-0.2, -0.15) is 4.31 Å². The van der Waals surface area contributed by atoms with E-state index in [2.05, 4.69) is 5.32 Å². The number of para-hydroxylation sites is 1. The van der Waals surface area contributed by atoms with E-state index in [1.165, 1.54) is 16.4 Å². The van der Waals surface area contributed by atoms with Crippen LogP contribution in [-0.4, -0.2) is 62.2 Å². The molecule has 3 aromatic rings. The van der Waals surface area contributed by atoms with Crippen LogP contribution in [0.3, 0.4) is 0 Å². The number of hydrogen-bond acceptors (Lipinski definition) is 5. The van der Waals surface area contributed by atoms with Crippen LogP contribution < -0.4 is 5.32 Å². The fraction of sp³-hybridized carbons (Fsp3) is 0.385. The lowest BCUT2D eigenvalue weighted by Gasteiger charge is -2.31. The second-order valence-electron chi connectivity index (χ2n) is 8.71. The van der Waals surface area contributed by atoms with Crippen LogP contribution in [0.15, 0.2) is 63.9 Å². The predicted octanol–water partition coefficient (Wildman–Crippen LogP) is 3.75. The number of likely N-dealkylation sites (tertiary alicyclic amines) is 1. The summed E-state index contributed by atoms with van der Waals surface area (Å²) in [5.41, 5.74) is 1.12. The smallest absolute Gasteiger partial charge is 0.289 e. The third-order valence-corrected chi connectivity index (χ3v) is 8.61. The third kappa shape index (κ3) is 5.41. The van der Waals surface area contributed by atoms with Crippen molar-refractivity contribution in [1.82, 2.24) is 14.5 Å². The molecule has 1 saturated heterocycles. The van der Waals surface area contributed by atoms with Gasteiger partial charge >= 0.3 is 0 Å². The second kappa shape index (κ2) is 10.6. The van der Waals surface area contributed by atoms with E-state index in [1.54, 1.807) is 36.9 Å². The Bertz CT molecular complexity index is 1260. The van der Waals surface area contributed by atoms with E-state index in [0.717, 1.165) is 18.2 Å². The monoisotopic (exact) mass is 497 g/mol. The molecule has 9 heteroatoms. The lowest BCUT2D eigenvalue weighted by Crippen LogP contribution is -2.41. The zero-order valence-electron chi connectivity index (χ0n) is 20.1. The Kier molecular flexibility index (Phi) is 7.57. The lowest BCUT2D eigenvalue weighted by atomic mass is 9.96. The van der Waals surface area contributed by atoms with Crippen molar-refractivity contribution in [2.45, 2.75) is 31.6 Å². The summed E-state index contributed by atoms with van der Waals surface area (Å²) >= 11 is 0. The molecule has 0 atom stereocenters. The van der Waals surface area contributed by atoms with Crippen LogP contribution in [0.5, 0.6) is 0 Å². The van der Waals surface area contributed by atoms with Crippen molar-refractivity contribution in [2.75, 3.05) is 32.7 Å². The van der Waals surface area contributed by atoms with E-state index in [0.29, 0.717) is 49.6 Å². The first-order chi connectivity index (χ1) is 16.8. The maximum atomic E-state index is 12.8. The number of nitrogens with one attached hydrogen (secondary N) is 1. The van der Waals surface area contributed by atoms with Gasteiger partial charge in [-0.3, -0.25) is 9.59 Å². The molecular formula is C26H31N3O5S. The fourth-order valence-electron chi connectivity index (χ4n) is 4.41. The molecule has 1 aromatic heterocycles. The van der Waals surface area contributed by atoms with Gasteiger partial charge in [-0.1, -0.05) is 32.0 Å². The molecule has 0 unspecified atom stereocenters. The molecule has 1 aliphatic heterocycles. The molecule has 2 aromatic carbocycles. The van der Waals surface area contributed by atoms with Crippen molar-refractivity contribution in [3.05, 3.63) is 65.9 Å². The molecule has 35 heavy (non-hydrogen) atoms. The highest BCUT2D eigenvalue weighted by molar-refractivity contribution is 7.89. The average Bonchev–Trinajstić information content (AvgIpc) is 3.32. The average molecular weight is 498 g/mol. The number of rotatable bonds is 8. The summed E-state index contributed by atoms with van der Waals surface area (Å²) in [4.78, 5) is 27.4. The van der Waals surface area contributed by atoms with E-state index in [9.17, 15) is 18.0 Å². The van der Waals surface area contributed by atoms with Crippen LogP contribution in [0.1, 0.15) is 47.6 Å². The Hall–Kier alpha value is -3.17. The summed E-state index contributed by atoms with van der Waals surface area (Å²) in [7, 11) is -3.55. The number of carbonyl (C=O) groups is 2. The molecule has 0 saturated carbocycles. The maximum Gasteiger partial charge on any atom is 0.289 e. The highest BCUT2D eigenvalue weighted by atomic mass is 32.2. The number of benzene rings is 2. The predicted molar refractivity (Wildman–Crippen MR) is 134 cm³/mol.